The molecule has 1 rings (SSSR count). The van der Waals surface area contributed by atoms with Gasteiger partial charge in [-0.3, -0.25) is 0 Å². The van der Waals surface area contributed by atoms with Crippen LogP contribution in [0.3, 0.4) is 0 Å². The van der Waals surface area contributed by atoms with Crippen LogP contribution in [0.2, 0.25) is 0 Å². The Morgan fingerprint density at radius 1 is 1.58 bits per heavy atom. The van der Waals surface area contributed by atoms with Gasteiger partial charge >= 0.3 is 6.03 Å². The summed E-state index contributed by atoms with van der Waals surface area (Å²) in [5, 5.41) is 12.2. The molecule has 0 spiro atoms. The van der Waals surface area contributed by atoms with Crippen molar-refractivity contribution >= 4 is 6.03 Å². The number of amides is 2. The summed E-state index contributed by atoms with van der Waals surface area (Å²) in [4.78, 5) is 14.0. The number of piperidine rings is 1. The van der Waals surface area contributed by atoms with Crippen LogP contribution < -0.4 is 5.32 Å². The fourth-order valence-electron chi connectivity index (χ4n) is 2.51. The Morgan fingerprint density at radius 3 is 3.00 bits per heavy atom. The number of nitrogens with one attached hydrogen (secondary N) is 1. The number of carbonyl (C=O) groups excluding carboxylic acids is 1. The number of nitrogens with zero attached hydrogens (tertiary/aromatic N) is 1. The molecule has 1 aliphatic heterocycles. The van der Waals surface area contributed by atoms with Crippen molar-refractivity contribution < 1.29 is 14.6 Å². The Kier molecular flexibility index (Phi) is 7.82. The molecule has 1 saturated heterocycles. The number of likely N-dealkylation sites (tertiary alicyclic amines) is 1. The van der Waals surface area contributed by atoms with Crippen molar-refractivity contribution in [3.63, 3.8) is 0 Å². The summed E-state index contributed by atoms with van der Waals surface area (Å²) in [5.41, 5.74) is 0. The molecule has 0 saturated carbocycles. The van der Waals surface area contributed by atoms with Crippen LogP contribution in [0.1, 0.15) is 39.0 Å². The molecular weight excluding hydrogens is 244 g/mol. The lowest BCUT2D eigenvalue weighted by Crippen LogP contribution is -2.50. The molecule has 0 aromatic carbocycles. The zero-order valence-electron chi connectivity index (χ0n) is 12.2. The SMILES string of the molecule is CCCCC(COC)NC(=O)N1CCCC(CO)C1. The lowest BCUT2D eigenvalue weighted by molar-refractivity contribution is 0.119. The smallest absolute Gasteiger partial charge is 0.317 e. The highest BCUT2D eigenvalue weighted by atomic mass is 16.5. The van der Waals surface area contributed by atoms with Crippen LogP contribution in [0.5, 0.6) is 0 Å². The first-order chi connectivity index (χ1) is 9.21. The number of ether oxygens (including phenoxy) is 1. The van der Waals surface area contributed by atoms with Gasteiger partial charge in [0.2, 0.25) is 0 Å². The summed E-state index contributed by atoms with van der Waals surface area (Å²) in [7, 11) is 1.66. The maximum absolute atomic E-state index is 12.2. The predicted octanol–water partition coefficient (Wildman–Crippen LogP) is 1.61. The Bertz CT molecular complexity index is 261. The highest BCUT2D eigenvalue weighted by molar-refractivity contribution is 5.74. The Morgan fingerprint density at radius 2 is 2.37 bits per heavy atom. The second-order valence-corrected chi connectivity index (χ2v) is 5.38. The van der Waals surface area contributed by atoms with E-state index in [-0.39, 0.29) is 24.6 Å². The van der Waals surface area contributed by atoms with Gasteiger partial charge in [0, 0.05) is 26.8 Å². The minimum absolute atomic E-state index is 0.0173. The van der Waals surface area contributed by atoms with Gasteiger partial charge in [-0.05, 0) is 25.2 Å². The quantitative estimate of drug-likeness (QED) is 0.740. The van der Waals surface area contributed by atoms with Crippen LogP contribution in [-0.4, -0.2) is 55.5 Å². The van der Waals surface area contributed by atoms with Crippen molar-refractivity contribution in [2.45, 2.75) is 45.1 Å². The molecule has 0 aliphatic carbocycles. The van der Waals surface area contributed by atoms with Gasteiger partial charge < -0.3 is 20.1 Å². The molecule has 0 radical (unpaired) electrons. The maximum Gasteiger partial charge on any atom is 0.317 e. The molecule has 1 aliphatic rings. The van der Waals surface area contributed by atoms with E-state index in [9.17, 15) is 9.90 Å². The summed E-state index contributed by atoms with van der Waals surface area (Å²) in [5.74, 6) is 0.232. The third kappa shape index (κ3) is 5.78. The van der Waals surface area contributed by atoms with Crippen LogP contribution in [0, 0.1) is 5.92 Å². The Labute approximate surface area is 116 Å². The van der Waals surface area contributed by atoms with E-state index in [0.717, 1.165) is 38.6 Å². The molecule has 5 heteroatoms. The van der Waals surface area contributed by atoms with E-state index in [1.54, 1.807) is 7.11 Å². The van der Waals surface area contributed by atoms with E-state index >= 15 is 0 Å². The zero-order chi connectivity index (χ0) is 14.1. The van der Waals surface area contributed by atoms with E-state index in [4.69, 9.17) is 4.74 Å². The van der Waals surface area contributed by atoms with Crippen LogP contribution in [0.25, 0.3) is 0 Å². The maximum atomic E-state index is 12.2. The monoisotopic (exact) mass is 272 g/mol. The minimum Gasteiger partial charge on any atom is -0.396 e. The molecule has 0 aromatic heterocycles. The molecule has 2 amide bonds. The van der Waals surface area contributed by atoms with Crippen LogP contribution in [-0.2, 0) is 4.74 Å². The summed E-state index contributed by atoms with van der Waals surface area (Å²) in [6.07, 6.45) is 5.15. The van der Waals surface area contributed by atoms with Crippen LogP contribution in [0.15, 0.2) is 0 Å². The largest absolute Gasteiger partial charge is 0.396 e. The summed E-state index contributed by atoms with van der Waals surface area (Å²) < 4.78 is 5.16. The molecular formula is C14H28N2O3. The van der Waals surface area contributed by atoms with Crippen molar-refractivity contribution in [2.75, 3.05) is 33.4 Å². The molecule has 19 heavy (non-hydrogen) atoms. The lowest BCUT2D eigenvalue weighted by Gasteiger charge is -2.33. The lowest BCUT2D eigenvalue weighted by atomic mass is 9.99. The van der Waals surface area contributed by atoms with Gasteiger partial charge in [0.25, 0.3) is 0 Å². The normalized spacial score (nSPS) is 21.2. The summed E-state index contributed by atoms with van der Waals surface area (Å²) in [6.45, 7) is 4.32. The summed E-state index contributed by atoms with van der Waals surface area (Å²) >= 11 is 0. The molecule has 0 aromatic rings. The number of hydrogen-bond donors (Lipinski definition) is 2. The first-order valence-corrected chi connectivity index (χ1v) is 7.36. The average Bonchev–Trinajstić information content (AvgIpc) is 2.45. The second-order valence-electron chi connectivity index (χ2n) is 5.38. The highest BCUT2D eigenvalue weighted by Crippen LogP contribution is 2.16. The minimum atomic E-state index is -0.0173. The van der Waals surface area contributed by atoms with E-state index in [1.165, 1.54) is 0 Å². The molecule has 2 atom stereocenters. The summed E-state index contributed by atoms with van der Waals surface area (Å²) in [6, 6.07) is 0.0725. The number of aliphatic hydroxyl groups excluding tert-OH is 1. The Balaban J connectivity index is 2.41. The average molecular weight is 272 g/mol. The van der Waals surface area contributed by atoms with Gasteiger partial charge in [0.1, 0.15) is 0 Å². The standard InChI is InChI=1S/C14H28N2O3/c1-3-4-7-13(11-19-2)15-14(18)16-8-5-6-12(9-16)10-17/h12-13,17H,3-11H2,1-2H3,(H,15,18). The predicted molar refractivity (Wildman–Crippen MR) is 75.1 cm³/mol. The fourth-order valence-corrected chi connectivity index (χ4v) is 2.51. The van der Waals surface area contributed by atoms with E-state index in [0.29, 0.717) is 13.2 Å². The van der Waals surface area contributed by atoms with Crippen LogP contribution in [0.4, 0.5) is 4.79 Å². The number of carbonyl (C=O) groups is 1. The first-order valence-electron chi connectivity index (χ1n) is 7.36. The molecule has 1 fully saturated rings. The van der Waals surface area contributed by atoms with Crippen molar-refractivity contribution in [3.8, 4) is 0 Å². The van der Waals surface area contributed by atoms with Gasteiger partial charge in [-0.1, -0.05) is 19.8 Å². The van der Waals surface area contributed by atoms with Crippen molar-refractivity contribution in [2.24, 2.45) is 5.92 Å². The second kappa shape index (κ2) is 9.15. The first kappa shape index (κ1) is 16.2. The van der Waals surface area contributed by atoms with Gasteiger partial charge in [-0.15, -0.1) is 0 Å². The van der Waals surface area contributed by atoms with E-state index in [2.05, 4.69) is 12.2 Å². The third-order valence-corrected chi connectivity index (χ3v) is 3.67. The molecule has 5 nitrogen and oxygen atoms in total. The van der Waals surface area contributed by atoms with E-state index in [1.807, 2.05) is 4.90 Å². The number of rotatable bonds is 7. The van der Waals surface area contributed by atoms with Gasteiger partial charge in [-0.25, -0.2) is 4.79 Å². The molecule has 112 valence electrons. The van der Waals surface area contributed by atoms with Crippen molar-refractivity contribution in [1.29, 1.82) is 0 Å². The molecule has 2 unspecified atom stereocenters. The number of aliphatic hydroxyl groups is 1. The topological polar surface area (TPSA) is 61.8 Å². The number of urea groups is 1. The fraction of sp³-hybridized carbons (Fsp3) is 0.929. The van der Waals surface area contributed by atoms with Gasteiger partial charge in [0.05, 0.1) is 12.6 Å². The Hall–Kier alpha value is -0.810. The number of methoxy groups -OCH3 is 1. The number of hydrogen-bond acceptors (Lipinski definition) is 3. The van der Waals surface area contributed by atoms with Crippen molar-refractivity contribution in [3.05, 3.63) is 0 Å². The van der Waals surface area contributed by atoms with Crippen molar-refractivity contribution in [1.82, 2.24) is 10.2 Å². The third-order valence-electron chi connectivity index (χ3n) is 3.67. The molecule has 2 N–H and O–H groups in total. The molecule has 1 heterocycles. The van der Waals surface area contributed by atoms with Gasteiger partial charge in [0.15, 0.2) is 0 Å². The van der Waals surface area contributed by atoms with E-state index < -0.39 is 0 Å². The van der Waals surface area contributed by atoms with Crippen LogP contribution >= 0.6 is 0 Å². The number of unbranched alkanes of at least 4 members (excludes halogenated alkanes) is 1. The molecule has 0 bridgehead atoms. The zero-order valence-corrected chi connectivity index (χ0v) is 12.2. The van der Waals surface area contributed by atoms with Gasteiger partial charge in [-0.2, -0.15) is 0 Å². The highest BCUT2D eigenvalue weighted by Gasteiger charge is 2.24.